The number of carbonyl (C=O) groups excluding carboxylic acids is 1. The number of rotatable bonds is 6. The summed E-state index contributed by atoms with van der Waals surface area (Å²) in [6.07, 6.45) is 0.213. The Morgan fingerprint density at radius 2 is 1.83 bits per heavy atom. The lowest BCUT2D eigenvalue weighted by molar-refractivity contribution is -0.121. The molecule has 2 N–H and O–H groups in total. The number of amides is 1. The second-order valence-corrected chi connectivity index (χ2v) is 5.70. The van der Waals surface area contributed by atoms with Crippen molar-refractivity contribution in [3.05, 3.63) is 53.1 Å². The monoisotopic (exact) mass is 329 g/mol. The third-order valence-corrected chi connectivity index (χ3v) is 3.89. The maximum atomic E-state index is 12.2. The number of hydrogen-bond acceptors (Lipinski definition) is 4. The first-order valence-electron chi connectivity index (χ1n) is 7.74. The van der Waals surface area contributed by atoms with Crippen molar-refractivity contribution in [2.45, 2.75) is 26.3 Å². The van der Waals surface area contributed by atoms with Gasteiger partial charge in [0, 0.05) is 0 Å². The van der Waals surface area contributed by atoms with Gasteiger partial charge in [-0.1, -0.05) is 12.1 Å². The normalized spacial score (nSPS) is 11.7. The first-order chi connectivity index (χ1) is 11.4. The highest BCUT2D eigenvalue weighted by Crippen LogP contribution is 2.32. The number of benzene rings is 2. The topological polar surface area (TPSA) is 67.8 Å². The first-order valence-corrected chi connectivity index (χ1v) is 7.74. The Bertz CT molecular complexity index is 727. The zero-order valence-electron chi connectivity index (χ0n) is 14.4. The van der Waals surface area contributed by atoms with Gasteiger partial charge in [0.1, 0.15) is 5.75 Å². The number of ether oxygens (including phenoxy) is 2. The van der Waals surface area contributed by atoms with Gasteiger partial charge in [0.25, 0.3) is 0 Å². The van der Waals surface area contributed by atoms with E-state index >= 15 is 0 Å². The van der Waals surface area contributed by atoms with Gasteiger partial charge in [-0.25, -0.2) is 0 Å². The summed E-state index contributed by atoms with van der Waals surface area (Å²) in [5.41, 5.74) is 2.75. The van der Waals surface area contributed by atoms with Gasteiger partial charge in [-0.15, -0.1) is 0 Å². The Balaban J connectivity index is 2.11. The molecule has 0 radical (unpaired) electrons. The predicted molar refractivity (Wildman–Crippen MR) is 92.7 cm³/mol. The lowest BCUT2D eigenvalue weighted by Crippen LogP contribution is -2.28. The first kappa shape index (κ1) is 17.7. The van der Waals surface area contributed by atoms with Gasteiger partial charge in [0.2, 0.25) is 5.91 Å². The number of aromatic hydroxyl groups is 1. The molecule has 2 rings (SSSR count). The van der Waals surface area contributed by atoms with Gasteiger partial charge in [0.05, 0.1) is 26.7 Å². The molecule has 0 spiro atoms. The highest BCUT2D eigenvalue weighted by atomic mass is 16.5. The van der Waals surface area contributed by atoms with E-state index in [0.29, 0.717) is 11.5 Å². The molecule has 0 saturated heterocycles. The van der Waals surface area contributed by atoms with Crippen LogP contribution >= 0.6 is 0 Å². The molecule has 5 heteroatoms. The van der Waals surface area contributed by atoms with Crippen LogP contribution in [0.3, 0.4) is 0 Å². The number of methoxy groups -OCH3 is 2. The minimum absolute atomic E-state index is 0.109. The van der Waals surface area contributed by atoms with E-state index in [1.165, 1.54) is 0 Å². The highest BCUT2D eigenvalue weighted by Gasteiger charge is 2.16. The van der Waals surface area contributed by atoms with Crippen LogP contribution in [-0.4, -0.2) is 25.2 Å². The van der Waals surface area contributed by atoms with Crippen LogP contribution in [-0.2, 0) is 11.2 Å². The third-order valence-electron chi connectivity index (χ3n) is 3.89. The average molecular weight is 329 g/mol. The summed E-state index contributed by atoms with van der Waals surface area (Å²) < 4.78 is 10.6. The maximum Gasteiger partial charge on any atom is 0.224 e. The molecule has 1 atom stereocenters. The summed E-state index contributed by atoms with van der Waals surface area (Å²) in [4.78, 5) is 12.2. The lowest BCUT2D eigenvalue weighted by atomic mass is 10.0. The van der Waals surface area contributed by atoms with E-state index in [9.17, 15) is 9.90 Å². The van der Waals surface area contributed by atoms with E-state index in [4.69, 9.17) is 9.47 Å². The molecule has 0 aliphatic rings. The minimum Gasteiger partial charge on any atom is -0.508 e. The number of hydrogen-bond donors (Lipinski definition) is 2. The molecule has 0 bridgehead atoms. The van der Waals surface area contributed by atoms with Crippen LogP contribution < -0.4 is 14.8 Å². The van der Waals surface area contributed by atoms with Gasteiger partial charge in [-0.2, -0.15) is 0 Å². The summed E-state index contributed by atoms with van der Waals surface area (Å²) >= 11 is 0. The van der Waals surface area contributed by atoms with Crippen LogP contribution in [0.15, 0.2) is 36.4 Å². The van der Waals surface area contributed by atoms with Gasteiger partial charge in [-0.3, -0.25) is 4.79 Å². The molecule has 0 heterocycles. The van der Waals surface area contributed by atoms with E-state index in [1.807, 2.05) is 32.0 Å². The zero-order chi connectivity index (χ0) is 17.7. The van der Waals surface area contributed by atoms with Crippen LogP contribution in [0.1, 0.15) is 29.7 Å². The Labute approximate surface area is 142 Å². The number of carbonyl (C=O) groups is 1. The van der Waals surface area contributed by atoms with Crippen molar-refractivity contribution in [2.24, 2.45) is 0 Å². The number of phenolic OH excluding ortho intramolecular Hbond substituents is 1. The van der Waals surface area contributed by atoms with Gasteiger partial charge in [0.15, 0.2) is 11.5 Å². The van der Waals surface area contributed by atoms with E-state index in [-0.39, 0.29) is 24.1 Å². The van der Waals surface area contributed by atoms with Crippen molar-refractivity contribution < 1.29 is 19.4 Å². The molecule has 0 aromatic heterocycles. The molecular formula is C19H23NO4. The largest absolute Gasteiger partial charge is 0.508 e. The molecule has 1 unspecified atom stereocenters. The summed E-state index contributed by atoms with van der Waals surface area (Å²) in [6.45, 7) is 3.89. The number of phenols is 1. The maximum absolute atomic E-state index is 12.2. The predicted octanol–water partition coefficient (Wildman–Crippen LogP) is 3.14. The van der Waals surface area contributed by atoms with Gasteiger partial charge >= 0.3 is 0 Å². The fourth-order valence-electron chi connectivity index (χ4n) is 2.68. The summed E-state index contributed by atoms with van der Waals surface area (Å²) in [5.74, 6) is 1.34. The smallest absolute Gasteiger partial charge is 0.224 e. The molecule has 24 heavy (non-hydrogen) atoms. The third kappa shape index (κ3) is 4.19. The standard InChI is InChI=1S/C19H23NO4/c1-12-8-17(23-3)18(24-4)11-16(12)13(2)20-19(22)10-14-6-5-7-15(21)9-14/h5-9,11,13,21H,10H2,1-4H3,(H,20,22). The van der Waals surface area contributed by atoms with Crippen LogP contribution in [0.25, 0.3) is 0 Å². The van der Waals surface area contributed by atoms with Gasteiger partial charge in [-0.05, 0) is 54.8 Å². The minimum atomic E-state index is -0.172. The summed E-state index contributed by atoms with van der Waals surface area (Å²) in [7, 11) is 3.18. The molecule has 0 saturated carbocycles. The summed E-state index contributed by atoms with van der Waals surface area (Å²) in [6, 6.07) is 10.3. The van der Waals surface area contributed by atoms with Crippen LogP contribution in [0.4, 0.5) is 0 Å². The SMILES string of the molecule is COc1cc(C)c(C(C)NC(=O)Cc2cccc(O)c2)cc1OC. The van der Waals surface area contributed by atoms with Crippen molar-refractivity contribution in [3.8, 4) is 17.2 Å². The van der Waals surface area contributed by atoms with E-state index in [2.05, 4.69) is 5.32 Å². The van der Waals surface area contributed by atoms with E-state index in [1.54, 1.807) is 32.4 Å². The molecule has 5 nitrogen and oxygen atoms in total. The van der Waals surface area contributed by atoms with Crippen molar-refractivity contribution in [2.75, 3.05) is 14.2 Å². The van der Waals surface area contributed by atoms with Crippen molar-refractivity contribution in [1.82, 2.24) is 5.32 Å². The second kappa shape index (κ2) is 7.73. The molecule has 128 valence electrons. The van der Waals surface area contributed by atoms with Crippen LogP contribution in [0.2, 0.25) is 0 Å². The molecule has 1 amide bonds. The Kier molecular flexibility index (Phi) is 5.68. The van der Waals surface area contributed by atoms with Crippen molar-refractivity contribution >= 4 is 5.91 Å². The second-order valence-electron chi connectivity index (χ2n) is 5.70. The fraction of sp³-hybridized carbons (Fsp3) is 0.316. The Hall–Kier alpha value is -2.69. The lowest BCUT2D eigenvalue weighted by Gasteiger charge is -2.19. The quantitative estimate of drug-likeness (QED) is 0.854. The molecule has 2 aromatic rings. The molecule has 0 aliphatic carbocycles. The number of nitrogens with one attached hydrogen (secondary N) is 1. The Morgan fingerprint density at radius 1 is 1.17 bits per heavy atom. The molecule has 0 aliphatic heterocycles. The molecular weight excluding hydrogens is 306 g/mol. The Morgan fingerprint density at radius 3 is 2.46 bits per heavy atom. The van der Waals surface area contributed by atoms with Crippen molar-refractivity contribution in [1.29, 1.82) is 0 Å². The highest BCUT2D eigenvalue weighted by molar-refractivity contribution is 5.79. The number of aryl methyl sites for hydroxylation is 1. The molecule has 2 aromatic carbocycles. The van der Waals surface area contributed by atoms with Gasteiger partial charge < -0.3 is 19.9 Å². The van der Waals surface area contributed by atoms with Crippen LogP contribution in [0, 0.1) is 6.92 Å². The summed E-state index contributed by atoms with van der Waals surface area (Å²) in [5, 5.41) is 12.4. The average Bonchev–Trinajstić information content (AvgIpc) is 2.54. The zero-order valence-corrected chi connectivity index (χ0v) is 14.4. The van der Waals surface area contributed by atoms with Crippen molar-refractivity contribution in [3.63, 3.8) is 0 Å². The van der Waals surface area contributed by atoms with E-state index in [0.717, 1.165) is 16.7 Å². The van der Waals surface area contributed by atoms with Crippen LogP contribution in [0.5, 0.6) is 17.2 Å². The fourth-order valence-corrected chi connectivity index (χ4v) is 2.68. The van der Waals surface area contributed by atoms with E-state index < -0.39 is 0 Å². The molecule has 0 fully saturated rings.